The molecule has 1 aromatic carbocycles. The van der Waals surface area contributed by atoms with Crippen LogP contribution in [0.2, 0.25) is 0 Å². The number of nitrogens with zero attached hydrogens (tertiary/aromatic N) is 2. The van der Waals surface area contributed by atoms with Crippen LogP contribution in [0, 0.1) is 0 Å². The first-order chi connectivity index (χ1) is 14.1. The van der Waals surface area contributed by atoms with E-state index in [1.807, 2.05) is 11.3 Å². The second-order valence-electron chi connectivity index (χ2n) is 7.73. The van der Waals surface area contributed by atoms with Crippen molar-refractivity contribution < 1.29 is 4.74 Å². The van der Waals surface area contributed by atoms with Crippen molar-refractivity contribution in [2.75, 3.05) is 32.8 Å². The monoisotopic (exact) mass is 542 g/mol. The van der Waals surface area contributed by atoms with Crippen LogP contribution >= 0.6 is 35.3 Å². The molecule has 0 amide bonds. The molecule has 5 nitrogen and oxygen atoms in total. The molecule has 1 aliphatic rings. The Hall–Kier alpha value is -1.16. The normalized spacial score (nSPS) is 18.5. The van der Waals surface area contributed by atoms with Crippen molar-refractivity contribution in [3.8, 4) is 0 Å². The Morgan fingerprint density at radius 1 is 1.27 bits per heavy atom. The van der Waals surface area contributed by atoms with Gasteiger partial charge in [0, 0.05) is 43.5 Å². The predicted molar refractivity (Wildman–Crippen MR) is 138 cm³/mol. The summed E-state index contributed by atoms with van der Waals surface area (Å²) in [6, 6.07) is 13.1. The molecule has 2 atom stereocenters. The minimum atomic E-state index is 0. The standard InChI is InChI=1S/C23H34N4OS.HI/c1-4-24-23(25-14-18(2)22-9-6-12-29-22)26-15-20-7-5-8-21(13-20)17-27-10-11-28-19(3)16-27;/h5-9,12-13,18-19H,4,10-11,14-17H2,1-3H3,(H2,24,25,26);1H. The fourth-order valence-electron chi connectivity index (χ4n) is 3.55. The van der Waals surface area contributed by atoms with Gasteiger partial charge in [0.15, 0.2) is 5.96 Å². The third-order valence-electron chi connectivity index (χ3n) is 5.09. The third-order valence-corrected chi connectivity index (χ3v) is 6.20. The highest BCUT2D eigenvalue weighted by Crippen LogP contribution is 2.19. The topological polar surface area (TPSA) is 48.9 Å². The minimum Gasteiger partial charge on any atom is -0.376 e. The van der Waals surface area contributed by atoms with Crippen LogP contribution in [0.15, 0.2) is 46.8 Å². The van der Waals surface area contributed by atoms with E-state index in [0.29, 0.717) is 18.6 Å². The van der Waals surface area contributed by atoms with Gasteiger partial charge in [-0.25, -0.2) is 4.99 Å². The number of benzene rings is 1. The quantitative estimate of drug-likeness (QED) is 0.294. The molecule has 2 aromatic rings. The lowest BCUT2D eigenvalue weighted by molar-refractivity contribution is -0.0212. The lowest BCUT2D eigenvalue weighted by Crippen LogP contribution is -2.40. The summed E-state index contributed by atoms with van der Waals surface area (Å²) in [4.78, 5) is 8.67. The first-order valence-corrected chi connectivity index (χ1v) is 11.5. The van der Waals surface area contributed by atoms with Gasteiger partial charge in [-0.3, -0.25) is 4.90 Å². The molecule has 2 unspecified atom stereocenters. The van der Waals surface area contributed by atoms with Crippen molar-refractivity contribution in [1.29, 1.82) is 0 Å². The molecular weight excluding hydrogens is 507 g/mol. The van der Waals surface area contributed by atoms with Crippen LogP contribution in [-0.4, -0.2) is 49.7 Å². The van der Waals surface area contributed by atoms with Crippen molar-refractivity contribution in [2.45, 2.75) is 45.9 Å². The maximum Gasteiger partial charge on any atom is 0.191 e. The SMILES string of the molecule is CCNC(=NCc1cccc(CN2CCOC(C)C2)c1)NCC(C)c1cccs1.I. The smallest absolute Gasteiger partial charge is 0.191 e. The van der Waals surface area contributed by atoms with Crippen LogP contribution in [0.4, 0.5) is 0 Å². The van der Waals surface area contributed by atoms with Crippen LogP contribution in [0.5, 0.6) is 0 Å². The van der Waals surface area contributed by atoms with E-state index in [0.717, 1.165) is 45.3 Å². The summed E-state index contributed by atoms with van der Waals surface area (Å²) in [7, 11) is 0. The van der Waals surface area contributed by atoms with Crippen LogP contribution in [0.1, 0.15) is 42.7 Å². The van der Waals surface area contributed by atoms with E-state index in [1.165, 1.54) is 16.0 Å². The van der Waals surface area contributed by atoms with Gasteiger partial charge in [0.05, 0.1) is 19.3 Å². The van der Waals surface area contributed by atoms with Crippen molar-refractivity contribution in [2.24, 2.45) is 4.99 Å². The van der Waals surface area contributed by atoms with Gasteiger partial charge in [-0.2, -0.15) is 0 Å². The minimum absolute atomic E-state index is 0. The van der Waals surface area contributed by atoms with Crippen LogP contribution in [0.25, 0.3) is 0 Å². The Kier molecular flexibility index (Phi) is 11.1. The van der Waals surface area contributed by atoms with E-state index in [4.69, 9.17) is 9.73 Å². The van der Waals surface area contributed by atoms with Gasteiger partial charge in [-0.1, -0.05) is 37.3 Å². The van der Waals surface area contributed by atoms with Gasteiger partial charge < -0.3 is 15.4 Å². The van der Waals surface area contributed by atoms with Crippen LogP contribution in [0.3, 0.4) is 0 Å². The van der Waals surface area contributed by atoms with Gasteiger partial charge in [0.2, 0.25) is 0 Å². The Labute approximate surface area is 202 Å². The second kappa shape index (κ2) is 13.3. The molecule has 0 radical (unpaired) electrons. The lowest BCUT2D eigenvalue weighted by atomic mass is 10.1. The zero-order valence-corrected chi connectivity index (χ0v) is 21.4. The largest absolute Gasteiger partial charge is 0.376 e. The predicted octanol–water partition coefficient (Wildman–Crippen LogP) is 4.45. The zero-order valence-electron chi connectivity index (χ0n) is 18.3. The van der Waals surface area contributed by atoms with Gasteiger partial charge in [-0.05, 0) is 36.4 Å². The number of guanidine groups is 1. The van der Waals surface area contributed by atoms with Crippen LogP contribution < -0.4 is 10.6 Å². The molecule has 1 fully saturated rings. The van der Waals surface area contributed by atoms with E-state index in [2.05, 4.69) is 78.1 Å². The molecular formula is C23H35IN4OS. The summed E-state index contributed by atoms with van der Waals surface area (Å²) in [5, 5.41) is 8.98. The molecule has 7 heteroatoms. The van der Waals surface area contributed by atoms with Gasteiger partial charge in [-0.15, -0.1) is 35.3 Å². The third kappa shape index (κ3) is 8.17. The number of hydrogen-bond acceptors (Lipinski definition) is 4. The summed E-state index contributed by atoms with van der Waals surface area (Å²) in [5.74, 6) is 1.35. The number of aliphatic imine (C=N–C) groups is 1. The number of thiophene rings is 1. The van der Waals surface area contributed by atoms with Gasteiger partial charge in [0.25, 0.3) is 0 Å². The highest BCUT2D eigenvalue weighted by molar-refractivity contribution is 14.0. The van der Waals surface area contributed by atoms with E-state index in [-0.39, 0.29) is 24.0 Å². The van der Waals surface area contributed by atoms with Crippen molar-refractivity contribution in [1.82, 2.24) is 15.5 Å². The number of morpholine rings is 1. The Morgan fingerprint density at radius 2 is 2.10 bits per heavy atom. The molecule has 1 aromatic heterocycles. The maximum atomic E-state index is 5.65. The van der Waals surface area contributed by atoms with E-state index in [9.17, 15) is 0 Å². The molecule has 1 saturated heterocycles. The van der Waals surface area contributed by atoms with Crippen molar-refractivity contribution >= 4 is 41.3 Å². The fourth-order valence-corrected chi connectivity index (χ4v) is 4.34. The van der Waals surface area contributed by atoms with E-state index >= 15 is 0 Å². The first kappa shape index (κ1) is 25.1. The lowest BCUT2D eigenvalue weighted by Gasteiger charge is -2.31. The van der Waals surface area contributed by atoms with Gasteiger partial charge in [0.1, 0.15) is 0 Å². The van der Waals surface area contributed by atoms with Crippen molar-refractivity contribution in [3.05, 3.63) is 57.8 Å². The highest BCUT2D eigenvalue weighted by atomic mass is 127. The Bertz CT molecular complexity index is 768. The number of halogens is 1. The fraction of sp³-hybridized carbons (Fsp3) is 0.522. The molecule has 2 heterocycles. The van der Waals surface area contributed by atoms with Gasteiger partial charge >= 0.3 is 0 Å². The molecule has 3 rings (SSSR count). The molecule has 0 spiro atoms. The molecule has 0 bridgehead atoms. The maximum absolute atomic E-state index is 5.65. The van der Waals surface area contributed by atoms with E-state index in [1.54, 1.807) is 0 Å². The average molecular weight is 543 g/mol. The molecule has 0 saturated carbocycles. The summed E-state index contributed by atoms with van der Waals surface area (Å²) in [6.45, 7) is 12.7. The van der Waals surface area contributed by atoms with Crippen molar-refractivity contribution in [3.63, 3.8) is 0 Å². The number of nitrogens with one attached hydrogen (secondary N) is 2. The molecule has 2 N–H and O–H groups in total. The van der Waals surface area contributed by atoms with Crippen LogP contribution in [-0.2, 0) is 17.8 Å². The molecule has 166 valence electrons. The molecule has 1 aliphatic heterocycles. The van der Waals surface area contributed by atoms with E-state index < -0.39 is 0 Å². The zero-order chi connectivity index (χ0) is 20.5. The first-order valence-electron chi connectivity index (χ1n) is 10.6. The number of rotatable bonds is 8. The average Bonchev–Trinajstić information content (AvgIpc) is 3.25. The Balaban J connectivity index is 0.00000320. The molecule has 0 aliphatic carbocycles. The summed E-state index contributed by atoms with van der Waals surface area (Å²) in [6.07, 6.45) is 0.321. The highest BCUT2D eigenvalue weighted by Gasteiger charge is 2.16. The number of ether oxygens (including phenoxy) is 1. The summed E-state index contributed by atoms with van der Waals surface area (Å²) < 4.78 is 5.65. The molecule has 30 heavy (non-hydrogen) atoms. The number of hydrogen-bond donors (Lipinski definition) is 2. The Morgan fingerprint density at radius 3 is 2.83 bits per heavy atom. The summed E-state index contributed by atoms with van der Waals surface area (Å²) in [5.41, 5.74) is 2.59. The summed E-state index contributed by atoms with van der Waals surface area (Å²) >= 11 is 1.81. The second-order valence-corrected chi connectivity index (χ2v) is 8.71.